The number of methoxy groups -OCH3 is 1. The molecule has 1 aliphatic rings. The molecule has 0 aromatic carbocycles. The average Bonchev–Trinajstić information content (AvgIpc) is 2.86. The summed E-state index contributed by atoms with van der Waals surface area (Å²) >= 11 is 0. The van der Waals surface area contributed by atoms with Gasteiger partial charge < -0.3 is 24.8 Å². The summed E-state index contributed by atoms with van der Waals surface area (Å²) in [6.07, 6.45) is 3.99. The van der Waals surface area contributed by atoms with Gasteiger partial charge in [-0.2, -0.15) is 0 Å². The van der Waals surface area contributed by atoms with Crippen LogP contribution in [0.4, 0.5) is 4.79 Å². The molecule has 8 nitrogen and oxygen atoms in total. The van der Waals surface area contributed by atoms with Gasteiger partial charge in [0.15, 0.2) is 0 Å². The monoisotopic (exact) mass is 391 g/mol. The minimum atomic E-state index is -0.839. The molecule has 1 aromatic rings. The topological polar surface area (TPSA) is 101 Å². The molecule has 0 bridgehead atoms. The van der Waals surface area contributed by atoms with Crippen molar-refractivity contribution in [3.05, 3.63) is 30.0 Å². The molecule has 0 radical (unpaired) electrons. The molecule has 28 heavy (non-hydrogen) atoms. The van der Waals surface area contributed by atoms with E-state index in [1.165, 1.54) is 0 Å². The number of carbonyl (C=O) groups is 2. The van der Waals surface area contributed by atoms with E-state index in [1.807, 2.05) is 13.0 Å². The molecule has 1 aliphatic heterocycles. The molecule has 2 rings (SSSR count). The lowest BCUT2D eigenvalue weighted by atomic mass is 10.2. The number of nitrogens with one attached hydrogen (secondary N) is 1. The molecule has 3 atom stereocenters. The van der Waals surface area contributed by atoms with Crippen molar-refractivity contribution in [2.45, 2.75) is 57.9 Å². The van der Waals surface area contributed by atoms with Crippen LogP contribution in [0.25, 0.3) is 6.08 Å². The van der Waals surface area contributed by atoms with E-state index in [9.17, 15) is 14.7 Å². The first-order chi connectivity index (χ1) is 13.1. The van der Waals surface area contributed by atoms with Crippen LogP contribution in [0, 0.1) is 0 Å². The largest absolute Gasteiger partial charge is 0.481 e. The smallest absolute Gasteiger partial charge is 0.408 e. The van der Waals surface area contributed by atoms with Crippen molar-refractivity contribution in [1.29, 1.82) is 0 Å². The fourth-order valence-electron chi connectivity index (χ4n) is 2.92. The number of ether oxygens (including phenoxy) is 2. The second-order valence-corrected chi connectivity index (χ2v) is 7.83. The van der Waals surface area contributed by atoms with Gasteiger partial charge in [-0.05, 0) is 45.7 Å². The summed E-state index contributed by atoms with van der Waals surface area (Å²) in [7, 11) is 1.54. The number of β-amino-alcohol motifs (C(OH)–C–C–N with tert-alkyl or cyclic N) is 1. The van der Waals surface area contributed by atoms with Crippen LogP contribution >= 0.6 is 0 Å². The molecule has 1 fully saturated rings. The van der Waals surface area contributed by atoms with Gasteiger partial charge in [-0.15, -0.1) is 0 Å². The predicted octanol–water partition coefficient (Wildman–Crippen LogP) is 1.98. The highest BCUT2D eigenvalue weighted by Gasteiger charge is 2.39. The van der Waals surface area contributed by atoms with Crippen molar-refractivity contribution in [2.75, 3.05) is 13.7 Å². The molecule has 2 N–H and O–H groups in total. The minimum Gasteiger partial charge on any atom is -0.481 e. The van der Waals surface area contributed by atoms with E-state index < -0.39 is 23.8 Å². The summed E-state index contributed by atoms with van der Waals surface area (Å²) in [6, 6.07) is 2.80. The maximum Gasteiger partial charge on any atom is 0.408 e. The zero-order valence-corrected chi connectivity index (χ0v) is 17.0. The van der Waals surface area contributed by atoms with Crippen molar-refractivity contribution in [3.8, 4) is 5.88 Å². The summed E-state index contributed by atoms with van der Waals surface area (Å²) < 4.78 is 10.2. The van der Waals surface area contributed by atoms with Gasteiger partial charge in [0.1, 0.15) is 11.6 Å². The maximum absolute atomic E-state index is 12.6. The molecular formula is C20H29N3O5. The van der Waals surface area contributed by atoms with Crippen LogP contribution in [0.5, 0.6) is 5.88 Å². The Hall–Kier alpha value is -2.61. The zero-order valence-electron chi connectivity index (χ0n) is 17.0. The number of alkyl carbamates (subject to hydrolysis) is 1. The van der Waals surface area contributed by atoms with Gasteiger partial charge in [0, 0.05) is 18.3 Å². The third-order valence-electron chi connectivity index (χ3n) is 4.24. The number of aromatic nitrogens is 1. The van der Waals surface area contributed by atoms with Crippen LogP contribution in [0.3, 0.4) is 0 Å². The molecule has 8 heteroatoms. The van der Waals surface area contributed by atoms with Gasteiger partial charge >= 0.3 is 6.09 Å². The number of aliphatic hydroxyl groups excluding tert-OH is 1. The molecule has 0 unspecified atom stereocenters. The highest BCUT2D eigenvalue weighted by molar-refractivity contribution is 5.88. The molecule has 0 aliphatic carbocycles. The van der Waals surface area contributed by atoms with Gasteiger partial charge in [0.05, 0.1) is 19.8 Å². The lowest BCUT2D eigenvalue weighted by Gasteiger charge is -2.23. The number of likely N-dealkylation sites (tertiary alicyclic amines) is 1. The number of hydrogen-bond acceptors (Lipinski definition) is 6. The number of amides is 2. The van der Waals surface area contributed by atoms with Crippen molar-refractivity contribution in [2.24, 2.45) is 0 Å². The second-order valence-electron chi connectivity index (χ2n) is 7.83. The van der Waals surface area contributed by atoms with Gasteiger partial charge in [-0.1, -0.05) is 12.2 Å². The summed E-state index contributed by atoms with van der Waals surface area (Å²) in [5.41, 5.74) is 0.180. The van der Waals surface area contributed by atoms with Crippen LogP contribution in [-0.4, -0.2) is 64.4 Å². The Kier molecular flexibility index (Phi) is 7.01. The SMILES string of the molecule is COc1ccc(/C=C/[C@H](O)CN2C(=O)[C@@H](NC(=O)OC(C)(C)C)C[C@H]2C)cn1. The number of pyridine rings is 1. The number of nitrogens with zero attached hydrogens (tertiary/aromatic N) is 2. The van der Waals surface area contributed by atoms with Gasteiger partial charge in [0.2, 0.25) is 11.8 Å². The minimum absolute atomic E-state index is 0.0989. The predicted molar refractivity (Wildman–Crippen MR) is 105 cm³/mol. The highest BCUT2D eigenvalue weighted by Crippen LogP contribution is 2.20. The maximum atomic E-state index is 12.6. The van der Waals surface area contributed by atoms with E-state index in [-0.39, 0.29) is 18.5 Å². The van der Waals surface area contributed by atoms with Gasteiger partial charge in [-0.25, -0.2) is 9.78 Å². The molecule has 0 spiro atoms. The third kappa shape index (κ3) is 6.23. The Morgan fingerprint density at radius 1 is 1.46 bits per heavy atom. The average molecular weight is 391 g/mol. The standard InChI is InChI=1S/C20H29N3O5/c1-13-10-16(22-19(26)28-20(2,3)4)18(25)23(13)12-15(24)8-6-14-7-9-17(27-5)21-11-14/h6-9,11,13,15-16,24H,10,12H2,1-5H3,(H,22,26)/b8-6+/t13-,15+,16+/m1/s1. The molecule has 0 saturated carbocycles. The van der Waals surface area contributed by atoms with Crippen LogP contribution in [0.1, 0.15) is 39.7 Å². The molecule has 1 aromatic heterocycles. The summed E-state index contributed by atoms with van der Waals surface area (Å²) in [5, 5.41) is 12.9. The lowest BCUT2D eigenvalue weighted by Crippen LogP contribution is -2.45. The van der Waals surface area contributed by atoms with Gasteiger partial charge in [-0.3, -0.25) is 4.79 Å². The van der Waals surface area contributed by atoms with Crippen molar-refractivity contribution >= 4 is 18.1 Å². The van der Waals surface area contributed by atoms with E-state index in [0.717, 1.165) is 5.56 Å². The Morgan fingerprint density at radius 3 is 2.75 bits per heavy atom. The Labute approximate surface area is 165 Å². The molecule has 2 amide bonds. The van der Waals surface area contributed by atoms with E-state index in [4.69, 9.17) is 9.47 Å². The van der Waals surface area contributed by atoms with Crippen LogP contribution < -0.4 is 10.1 Å². The first-order valence-electron chi connectivity index (χ1n) is 9.25. The van der Waals surface area contributed by atoms with Crippen molar-refractivity contribution in [3.63, 3.8) is 0 Å². The van der Waals surface area contributed by atoms with Crippen LogP contribution in [0.2, 0.25) is 0 Å². The van der Waals surface area contributed by atoms with Crippen LogP contribution in [0.15, 0.2) is 24.4 Å². The highest BCUT2D eigenvalue weighted by atomic mass is 16.6. The number of hydrogen-bond donors (Lipinski definition) is 2. The van der Waals surface area contributed by atoms with Crippen molar-refractivity contribution in [1.82, 2.24) is 15.2 Å². The molecule has 1 saturated heterocycles. The van der Waals surface area contributed by atoms with Gasteiger partial charge in [0.25, 0.3) is 0 Å². The van der Waals surface area contributed by atoms with E-state index in [2.05, 4.69) is 10.3 Å². The quantitative estimate of drug-likeness (QED) is 0.769. The Morgan fingerprint density at radius 2 is 2.18 bits per heavy atom. The van der Waals surface area contributed by atoms with E-state index in [0.29, 0.717) is 12.3 Å². The molecular weight excluding hydrogens is 362 g/mol. The fraction of sp³-hybridized carbons (Fsp3) is 0.550. The summed E-state index contributed by atoms with van der Waals surface area (Å²) in [5.74, 6) is 0.287. The van der Waals surface area contributed by atoms with Crippen molar-refractivity contribution < 1.29 is 24.2 Å². The van der Waals surface area contributed by atoms with Crippen LogP contribution in [-0.2, 0) is 9.53 Å². The zero-order chi connectivity index (χ0) is 20.9. The third-order valence-corrected chi connectivity index (χ3v) is 4.24. The number of carbonyl (C=O) groups excluding carboxylic acids is 2. The second kappa shape index (κ2) is 9.05. The molecule has 2 heterocycles. The first-order valence-corrected chi connectivity index (χ1v) is 9.25. The summed E-state index contributed by atoms with van der Waals surface area (Å²) in [4.78, 5) is 30.2. The fourth-order valence-corrected chi connectivity index (χ4v) is 2.92. The van der Waals surface area contributed by atoms with E-state index >= 15 is 0 Å². The Bertz CT molecular complexity index is 712. The summed E-state index contributed by atoms with van der Waals surface area (Å²) in [6.45, 7) is 7.32. The lowest BCUT2D eigenvalue weighted by molar-refractivity contribution is -0.131. The first kappa shape index (κ1) is 21.7. The molecule has 154 valence electrons. The number of aliphatic hydroxyl groups is 1. The van der Waals surface area contributed by atoms with E-state index in [1.54, 1.807) is 57.2 Å². The normalized spacial score (nSPS) is 21.1. The number of rotatable bonds is 6. The Balaban J connectivity index is 1.91.